The summed E-state index contributed by atoms with van der Waals surface area (Å²) in [6.45, 7) is 3.84. The van der Waals surface area contributed by atoms with Crippen LogP contribution in [0.1, 0.15) is 12.8 Å². The molecule has 144 valence electrons. The van der Waals surface area contributed by atoms with Crippen molar-refractivity contribution >= 4 is 34.2 Å². The fourth-order valence-corrected chi connectivity index (χ4v) is 3.09. The lowest BCUT2D eigenvalue weighted by atomic mass is 10.1. The molecule has 0 atom stereocenters. The molecule has 2 amide bonds. The first-order valence-electron chi connectivity index (χ1n) is 8.96. The molecule has 27 heavy (non-hydrogen) atoms. The Balaban J connectivity index is 1.82. The molecule has 1 fully saturated rings. The summed E-state index contributed by atoms with van der Waals surface area (Å²) < 4.78 is 5.57. The van der Waals surface area contributed by atoms with Crippen molar-refractivity contribution in [2.75, 3.05) is 50.6 Å². The van der Waals surface area contributed by atoms with E-state index < -0.39 is 5.91 Å². The number of likely N-dealkylation sites (N-methyl/N-ethyl adjacent to an activating group) is 1. The first-order valence-corrected chi connectivity index (χ1v) is 8.96. The number of nitrogens with two attached hydrogens (primary N) is 1. The first kappa shape index (κ1) is 18.9. The average Bonchev–Trinajstić information content (AvgIpc) is 2.66. The quantitative estimate of drug-likeness (QED) is 0.791. The number of ether oxygens (including phenoxy) is 1. The molecule has 8 nitrogen and oxygen atoms in total. The van der Waals surface area contributed by atoms with Crippen LogP contribution in [0.15, 0.2) is 24.3 Å². The number of rotatable bonds is 6. The number of fused-ring (bicyclic) bond motifs is 1. The van der Waals surface area contributed by atoms with Gasteiger partial charge in [-0.2, -0.15) is 0 Å². The van der Waals surface area contributed by atoms with Crippen LogP contribution in [-0.4, -0.2) is 62.0 Å². The minimum absolute atomic E-state index is 0.0265. The maximum absolute atomic E-state index is 11.9. The molecule has 1 aliphatic rings. The van der Waals surface area contributed by atoms with Crippen LogP contribution in [0.3, 0.4) is 0 Å². The number of piperazine rings is 1. The van der Waals surface area contributed by atoms with Gasteiger partial charge in [-0.15, -0.1) is 0 Å². The van der Waals surface area contributed by atoms with Crippen molar-refractivity contribution < 1.29 is 14.3 Å². The molecule has 2 aromatic rings. The maximum Gasteiger partial charge on any atom is 0.224 e. The van der Waals surface area contributed by atoms with Gasteiger partial charge in [0.1, 0.15) is 11.6 Å². The van der Waals surface area contributed by atoms with Gasteiger partial charge in [-0.3, -0.25) is 9.59 Å². The highest BCUT2D eigenvalue weighted by Crippen LogP contribution is 2.31. The van der Waals surface area contributed by atoms with Crippen LogP contribution >= 0.6 is 0 Å². The summed E-state index contributed by atoms with van der Waals surface area (Å²) in [4.78, 5) is 32.0. The molecular formula is C19H25N5O3. The van der Waals surface area contributed by atoms with E-state index in [1.54, 1.807) is 13.2 Å². The Morgan fingerprint density at radius 2 is 1.93 bits per heavy atom. The Labute approximate surface area is 158 Å². The van der Waals surface area contributed by atoms with Gasteiger partial charge in [0.15, 0.2) is 0 Å². The zero-order valence-corrected chi connectivity index (χ0v) is 15.7. The Morgan fingerprint density at radius 3 is 2.59 bits per heavy atom. The number of nitrogens with zero attached hydrogens (tertiary/aromatic N) is 3. The zero-order chi connectivity index (χ0) is 19.4. The molecule has 0 unspecified atom stereocenters. The molecule has 0 saturated carbocycles. The van der Waals surface area contributed by atoms with E-state index in [1.807, 2.05) is 18.2 Å². The summed E-state index contributed by atoms with van der Waals surface area (Å²) in [5.74, 6) is 0.855. The van der Waals surface area contributed by atoms with Gasteiger partial charge in [-0.25, -0.2) is 4.98 Å². The van der Waals surface area contributed by atoms with E-state index in [1.165, 1.54) is 0 Å². The standard InChI is InChI=1S/C19H25N5O3/c1-23-7-9-24(10-8-23)18-12-16(27-2)14-11-13(3-4-15(14)22-18)21-19(26)6-5-17(20)25/h3-4,11-12H,5-10H2,1-2H3,(H2,20,25)(H,21,26). The normalized spacial score (nSPS) is 15.0. The minimum atomic E-state index is -0.494. The second-order valence-electron chi connectivity index (χ2n) is 6.72. The molecule has 0 bridgehead atoms. The van der Waals surface area contributed by atoms with E-state index in [4.69, 9.17) is 15.5 Å². The SMILES string of the molecule is COc1cc(N2CCN(C)CC2)nc2ccc(NC(=O)CCC(N)=O)cc12. The van der Waals surface area contributed by atoms with Crippen LogP contribution in [-0.2, 0) is 9.59 Å². The van der Waals surface area contributed by atoms with Crippen LogP contribution in [0.5, 0.6) is 5.75 Å². The number of methoxy groups -OCH3 is 1. The van der Waals surface area contributed by atoms with Crippen LogP contribution < -0.4 is 20.7 Å². The second-order valence-corrected chi connectivity index (χ2v) is 6.72. The molecule has 0 spiro atoms. The monoisotopic (exact) mass is 371 g/mol. The molecule has 1 saturated heterocycles. The summed E-state index contributed by atoms with van der Waals surface area (Å²) in [5, 5.41) is 3.60. The number of hydrogen-bond donors (Lipinski definition) is 2. The van der Waals surface area contributed by atoms with Crippen LogP contribution in [0.2, 0.25) is 0 Å². The van der Waals surface area contributed by atoms with E-state index in [9.17, 15) is 9.59 Å². The molecule has 2 heterocycles. The molecule has 1 aliphatic heterocycles. The molecule has 0 radical (unpaired) electrons. The van der Waals surface area contributed by atoms with Crippen molar-refractivity contribution in [1.82, 2.24) is 9.88 Å². The van der Waals surface area contributed by atoms with Gasteiger partial charge in [0, 0.05) is 56.2 Å². The molecular weight excluding hydrogens is 346 g/mol. The number of carbonyl (C=O) groups excluding carboxylic acids is 2. The number of pyridine rings is 1. The van der Waals surface area contributed by atoms with Gasteiger partial charge in [0.2, 0.25) is 11.8 Å². The topological polar surface area (TPSA) is 101 Å². The van der Waals surface area contributed by atoms with Gasteiger partial charge in [-0.05, 0) is 25.2 Å². The van der Waals surface area contributed by atoms with Crippen LogP contribution in [0.4, 0.5) is 11.5 Å². The molecule has 3 rings (SSSR count). The number of hydrogen-bond acceptors (Lipinski definition) is 6. The molecule has 1 aromatic heterocycles. The number of primary amides is 1. The van der Waals surface area contributed by atoms with E-state index in [0.717, 1.165) is 42.9 Å². The van der Waals surface area contributed by atoms with E-state index in [2.05, 4.69) is 22.2 Å². The predicted molar refractivity (Wildman–Crippen MR) is 105 cm³/mol. The van der Waals surface area contributed by atoms with Crippen molar-refractivity contribution in [2.24, 2.45) is 5.73 Å². The Hall–Kier alpha value is -2.87. The lowest BCUT2D eigenvalue weighted by Gasteiger charge is -2.33. The summed E-state index contributed by atoms with van der Waals surface area (Å²) in [7, 11) is 3.74. The van der Waals surface area contributed by atoms with Crippen molar-refractivity contribution in [2.45, 2.75) is 12.8 Å². The van der Waals surface area contributed by atoms with Gasteiger partial charge in [0.05, 0.1) is 12.6 Å². The van der Waals surface area contributed by atoms with E-state index in [-0.39, 0.29) is 18.7 Å². The highest BCUT2D eigenvalue weighted by atomic mass is 16.5. The van der Waals surface area contributed by atoms with Crippen LogP contribution in [0, 0.1) is 0 Å². The predicted octanol–water partition coefficient (Wildman–Crippen LogP) is 1.20. The summed E-state index contributed by atoms with van der Waals surface area (Å²) in [6, 6.07) is 7.43. The Kier molecular flexibility index (Phi) is 5.75. The average molecular weight is 371 g/mol. The van der Waals surface area contributed by atoms with Crippen LogP contribution in [0.25, 0.3) is 10.9 Å². The lowest BCUT2D eigenvalue weighted by Crippen LogP contribution is -2.44. The van der Waals surface area contributed by atoms with Gasteiger partial charge in [-0.1, -0.05) is 0 Å². The number of anilines is 2. The van der Waals surface area contributed by atoms with E-state index in [0.29, 0.717) is 11.4 Å². The lowest BCUT2D eigenvalue weighted by molar-refractivity contribution is -0.122. The smallest absolute Gasteiger partial charge is 0.224 e. The maximum atomic E-state index is 11.9. The second kappa shape index (κ2) is 8.22. The summed E-state index contributed by atoms with van der Waals surface area (Å²) in [5.41, 5.74) is 6.51. The first-order chi connectivity index (χ1) is 13.0. The molecule has 0 aliphatic carbocycles. The Morgan fingerprint density at radius 1 is 1.19 bits per heavy atom. The highest BCUT2D eigenvalue weighted by Gasteiger charge is 2.18. The van der Waals surface area contributed by atoms with Crippen molar-refractivity contribution in [3.63, 3.8) is 0 Å². The van der Waals surface area contributed by atoms with Gasteiger partial charge < -0.3 is 25.6 Å². The zero-order valence-electron chi connectivity index (χ0n) is 15.7. The van der Waals surface area contributed by atoms with Crippen molar-refractivity contribution in [3.05, 3.63) is 24.3 Å². The van der Waals surface area contributed by atoms with Crippen molar-refractivity contribution in [3.8, 4) is 5.75 Å². The third-order valence-electron chi connectivity index (χ3n) is 4.69. The summed E-state index contributed by atoms with van der Waals surface area (Å²) in [6.07, 6.45) is 0.0871. The summed E-state index contributed by atoms with van der Waals surface area (Å²) >= 11 is 0. The highest BCUT2D eigenvalue weighted by molar-refractivity contribution is 5.96. The van der Waals surface area contributed by atoms with Crippen molar-refractivity contribution in [1.29, 1.82) is 0 Å². The van der Waals surface area contributed by atoms with Gasteiger partial charge >= 0.3 is 0 Å². The molecule has 1 aromatic carbocycles. The number of aromatic nitrogens is 1. The fraction of sp³-hybridized carbons (Fsp3) is 0.421. The Bertz CT molecular complexity index is 847. The largest absolute Gasteiger partial charge is 0.496 e. The fourth-order valence-electron chi connectivity index (χ4n) is 3.09. The number of benzene rings is 1. The third-order valence-corrected chi connectivity index (χ3v) is 4.69. The van der Waals surface area contributed by atoms with E-state index >= 15 is 0 Å². The minimum Gasteiger partial charge on any atom is -0.496 e. The molecule has 3 N–H and O–H groups in total. The molecule has 8 heteroatoms. The van der Waals surface area contributed by atoms with Gasteiger partial charge in [0.25, 0.3) is 0 Å². The number of carbonyl (C=O) groups is 2. The number of nitrogens with one attached hydrogen (secondary N) is 1. The number of amides is 2. The third kappa shape index (κ3) is 4.65.